The number of carbonyl (C=O) groups is 1. The van der Waals surface area contributed by atoms with Gasteiger partial charge in [-0.25, -0.2) is 0 Å². The highest BCUT2D eigenvalue weighted by molar-refractivity contribution is 7.99. The Kier molecular flexibility index (Phi) is 7.16. The first-order valence-corrected chi connectivity index (χ1v) is 11.4. The second kappa shape index (κ2) is 10.4. The maximum atomic E-state index is 12.6. The van der Waals surface area contributed by atoms with Crippen molar-refractivity contribution in [3.05, 3.63) is 77.8 Å². The van der Waals surface area contributed by atoms with E-state index in [1.165, 1.54) is 11.8 Å². The minimum Gasteiger partial charge on any atom is -0.497 e. The second-order valence-corrected chi connectivity index (χ2v) is 8.24. The van der Waals surface area contributed by atoms with E-state index in [0.717, 1.165) is 17.0 Å². The highest BCUT2D eigenvalue weighted by Crippen LogP contribution is 2.30. The molecule has 4 rings (SSSR count). The van der Waals surface area contributed by atoms with Crippen molar-refractivity contribution in [2.75, 3.05) is 25.3 Å². The van der Waals surface area contributed by atoms with E-state index in [1.807, 2.05) is 59.2 Å². The van der Waals surface area contributed by atoms with Crippen molar-refractivity contribution < 1.29 is 14.3 Å². The van der Waals surface area contributed by atoms with Crippen LogP contribution < -0.4 is 14.8 Å². The lowest BCUT2D eigenvalue weighted by Crippen LogP contribution is -2.14. The molecule has 9 heteroatoms. The van der Waals surface area contributed by atoms with Crippen LogP contribution in [0.3, 0.4) is 0 Å². The standard InChI is InChI=1S/C24H21ClN4O3S/c1-31-19-11-9-18(10-12-19)29-23(16-6-4-3-5-7-16)27-28-24(29)33-15-22(30)26-17-8-13-21(32-2)20(25)14-17/h3-14H,15H2,1-2H3,(H,26,30). The summed E-state index contributed by atoms with van der Waals surface area (Å²) >= 11 is 7.44. The third-order valence-electron chi connectivity index (χ3n) is 4.76. The van der Waals surface area contributed by atoms with Crippen molar-refractivity contribution in [1.82, 2.24) is 14.8 Å². The van der Waals surface area contributed by atoms with E-state index < -0.39 is 0 Å². The van der Waals surface area contributed by atoms with Gasteiger partial charge in [-0.15, -0.1) is 10.2 Å². The highest BCUT2D eigenvalue weighted by Gasteiger charge is 2.17. The third-order valence-corrected chi connectivity index (χ3v) is 5.99. The van der Waals surface area contributed by atoms with Crippen LogP contribution in [0.2, 0.25) is 5.02 Å². The zero-order valence-corrected chi connectivity index (χ0v) is 19.6. The molecule has 0 saturated heterocycles. The summed E-state index contributed by atoms with van der Waals surface area (Å²) in [5.74, 6) is 1.94. The van der Waals surface area contributed by atoms with Crippen LogP contribution in [0.5, 0.6) is 11.5 Å². The number of ether oxygens (including phenoxy) is 2. The number of carbonyl (C=O) groups excluding carboxylic acids is 1. The molecular weight excluding hydrogens is 460 g/mol. The minimum atomic E-state index is -0.188. The van der Waals surface area contributed by atoms with Gasteiger partial charge in [-0.3, -0.25) is 9.36 Å². The number of halogens is 1. The Bertz CT molecular complexity index is 1250. The van der Waals surface area contributed by atoms with Crippen LogP contribution in [-0.4, -0.2) is 40.6 Å². The lowest BCUT2D eigenvalue weighted by molar-refractivity contribution is -0.113. The van der Waals surface area contributed by atoms with Crippen LogP contribution in [0.1, 0.15) is 0 Å². The predicted molar refractivity (Wildman–Crippen MR) is 131 cm³/mol. The van der Waals surface area contributed by atoms with Crippen molar-refractivity contribution in [2.45, 2.75) is 5.16 Å². The van der Waals surface area contributed by atoms with Crippen molar-refractivity contribution in [1.29, 1.82) is 0 Å². The average Bonchev–Trinajstić information content (AvgIpc) is 3.27. The van der Waals surface area contributed by atoms with Gasteiger partial charge in [-0.2, -0.15) is 0 Å². The molecule has 0 bridgehead atoms. The van der Waals surface area contributed by atoms with Crippen LogP contribution in [-0.2, 0) is 4.79 Å². The summed E-state index contributed by atoms with van der Waals surface area (Å²) in [6, 6.07) is 22.5. The van der Waals surface area contributed by atoms with Gasteiger partial charge in [0.2, 0.25) is 5.91 Å². The molecule has 33 heavy (non-hydrogen) atoms. The molecule has 1 N–H and O–H groups in total. The molecule has 0 aliphatic carbocycles. The minimum absolute atomic E-state index is 0.146. The number of anilines is 1. The maximum Gasteiger partial charge on any atom is 0.234 e. The summed E-state index contributed by atoms with van der Waals surface area (Å²) in [7, 11) is 3.16. The SMILES string of the molecule is COc1ccc(-n2c(SCC(=O)Nc3ccc(OC)c(Cl)c3)nnc2-c2ccccc2)cc1. The quantitative estimate of drug-likeness (QED) is 0.343. The molecule has 3 aromatic carbocycles. The number of hydrogen-bond donors (Lipinski definition) is 1. The molecule has 0 aliphatic heterocycles. The Hall–Kier alpha value is -3.49. The van der Waals surface area contributed by atoms with E-state index in [1.54, 1.807) is 32.4 Å². The van der Waals surface area contributed by atoms with E-state index in [2.05, 4.69) is 15.5 Å². The van der Waals surface area contributed by atoms with Gasteiger partial charge in [0.05, 0.1) is 25.0 Å². The van der Waals surface area contributed by atoms with Crippen LogP contribution in [0.25, 0.3) is 17.1 Å². The van der Waals surface area contributed by atoms with Gasteiger partial charge in [0.1, 0.15) is 11.5 Å². The maximum absolute atomic E-state index is 12.6. The number of thioether (sulfide) groups is 1. The van der Waals surface area contributed by atoms with Crippen LogP contribution in [0, 0.1) is 0 Å². The van der Waals surface area contributed by atoms with E-state index in [-0.39, 0.29) is 11.7 Å². The Morgan fingerprint density at radius 3 is 2.42 bits per heavy atom. The number of methoxy groups -OCH3 is 2. The summed E-state index contributed by atoms with van der Waals surface area (Å²) in [5.41, 5.74) is 2.38. The number of aromatic nitrogens is 3. The Balaban J connectivity index is 1.56. The molecule has 1 aromatic heterocycles. The molecule has 0 saturated carbocycles. The lowest BCUT2D eigenvalue weighted by atomic mass is 10.2. The first-order valence-electron chi connectivity index (χ1n) is 10.0. The number of benzene rings is 3. The number of nitrogens with one attached hydrogen (secondary N) is 1. The van der Waals surface area contributed by atoms with Gasteiger partial charge >= 0.3 is 0 Å². The molecule has 0 spiro atoms. The van der Waals surface area contributed by atoms with E-state index in [4.69, 9.17) is 21.1 Å². The normalized spacial score (nSPS) is 10.6. The number of hydrogen-bond acceptors (Lipinski definition) is 6. The fourth-order valence-electron chi connectivity index (χ4n) is 3.17. The van der Waals surface area contributed by atoms with Crippen molar-refractivity contribution in [2.24, 2.45) is 0 Å². The molecule has 0 unspecified atom stereocenters. The first-order chi connectivity index (χ1) is 16.1. The van der Waals surface area contributed by atoms with E-state index in [9.17, 15) is 4.79 Å². The largest absolute Gasteiger partial charge is 0.497 e. The van der Waals surface area contributed by atoms with Crippen molar-refractivity contribution in [3.8, 4) is 28.6 Å². The second-order valence-electron chi connectivity index (χ2n) is 6.89. The Labute approximate surface area is 200 Å². The summed E-state index contributed by atoms with van der Waals surface area (Å²) < 4.78 is 12.3. The predicted octanol–water partition coefficient (Wildman–Crippen LogP) is 5.34. The summed E-state index contributed by atoms with van der Waals surface area (Å²) in [4.78, 5) is 12.6. The van der Waals surface area contributed by atoms with Crippen molar-refractivity contribution >= 4 is 35.0 Å². The average molecular weight is 481 g/mol. The van der Waals surface area contributed by atoms with Crippen LogP contribution in [0.4, 0.5) is 5.69 Å². The molecule has 1 amide bonds. The van der Waals surface area contributed by atoms with Gasteiger partial charge in [0.15, 0.2) is 11.0 Å². The van der Waals surface area contributed by atoms with Crippen LogP contribution in [0.15, 0.2) is 78.0 Å². The molecule has 4 aromatic rings. The third kappa shape index (κ3) is 5.30. The van der Waals surface area contributed by atoms with E-state index >= 15 is 0 Å². The molecule has 168 valence electrons. The van der Waals surface area contributed by atoms with E-state index in [0.29, 0.717) is 27.4 Å². The first kappa shape index (κ1) is 22.7. The fraction of sp³-hybridized carbons (Fsp3) is 0.125. The summed E-state index contributed by atoms with van der Waals surface area (Å²) in [5, 5.41) is 12.6. The topological polar surface area (TPSA) is 78.3 Å². The van der Waals surface area contributed by atoms with Crippen molar-refractivity contribution in [3.63, 3.8) is 0 Å². The molecule has 0 fully saturated rings. The van der Waals surface area contributed by atoms with Gasteiger partial charge in [-0.05, 0) is 42.5 Å². The zero-order chi connectivity index (χ0) is 23.2. The molecule has 7 nitrogen and oxygen atoms in total. The summed E-state index contributed by atoms with van der Waals surface area (Å²) in [6.07, 6.45) is 0. The Morgan fingerprint density at radius 1 is 1.00 bits per heavy atom. The molecular formula is C24H21ClN4O3S. The lowest BCUT2D eigenvalue weighted by Gasteiger charge is -2.11. The monoisotopic (exact) mass is 480 g/mol. The van der Waals surface area contributed by atoms with Gasteiger partial charge in [-0.1, -0.05) is 53.7 Å². The zero-order valence-electron chi connectivity index (χ0n) is 18.0. The highest BCUT2D eigenvalue weighted by atomic mass is 35.5. The Morgan fingerprint density at radius 2 is 1.76 bits per heavy atom. The summed E-state index contributed by atoms with van der Waals surface area (Å²) in [6.45, 7) is 0. The number of amides is 1. The van der Waals surface area contributed by atoms with Crippen LogP contribution >= 0.6 is 23.4 Å². The molecule has 0 aliphatic rings. The van der Waals surface area contributed by atoms with Gasteiger partial charge in [0, 0.05) is 16.9 Å². The van der Waals surface area contributed by atoms with Gasteiger partial charge < -0.3 is 14.8 Å². The molecule has 0 atom stereocenters. The molecule has 1 heterocycles. The smallest absolute Gasteiger partial charge is 0.234 e. The van der Waals surface area contributed by atoms with Gasteiger partial charge in [0.25, 0.3) is 0 Å². The molecule has 0 radical (unpaired) electrons. The fourth-order valence-corrected chi connectivity index (χ4v) is 4.18. The number of nitrogens with zero attached hydrogens (tertiary/aromatic N) is 3. The number of rotatable bonds is 8.